The zero-order valence-corrected chi connectivity index (χ0v) is 20.5. The lowest BCUT2D eigenvalue weighted by molar-refractivity contribution is -0.136. The van der Waals surface area contributed by atoms with Crippen LogP contribution < -0.4 is 5.32 Å². The van der Waals surface area contributed by atoms with Gasteiger partial charge in [0.2, 0.25) is 11.8 Å². The van der Waals surface area contributed by atoms with Crippen LogP contribution in [0.25, 0.3) is 5.69 Å². The largest absolute Gasteiger partial charge is 0.333 e. The van der Waals surface area contributed by atoms with E-state index in [1.54, 1.807) is 21.7 Å². The molecular weight excluding hydrogens is 412 g/mol. The van der Waals surface area contributed by atoms with Gasteiger partial charge < -0.3 is 10.2 Å². The zero-order chi connectivity index (χ0) is 23.4. The molecule has 0 aliphatic carbocycles. The number of aromatic nitrogens is 2. The van der Waals surface area contributed by atoms with Gasteiger partial charge in [-0.15, -0.1) is 0 Å². The fourth-order valence-corrected chi connectivity index (χ4v) is 3.22. The van der Waals surface area contributed by atoms with Crippen molar-refractivity contribution in [2.75, 3.05) is 18.4 Å². The highest BCUT2D eigenvalue weighted by molar-refractivity contribution is 6.30. The summed E-state index contributed by atoms with van der Waals surface area (Å²) in [4.78, 5) is 27.2. The van der Waals surface area contributed by atoms with Gasteiger partial charge in [0, 0.05) is 29.5 Å². The molecule has 0 saturated carbocycles. The molecule has 0 bridgehead atoms. The summed E-state index contributed by atoms with van der Waals surface area (Å²) in [7, 11) is 0. The highest BCUT2D eigenvalue weighted by Crippen LogP contribution is 2.27. The topological polar surface area (TPSA) is 67.2 Å². The molecule has 0 aliphatic rings. The monoisotopic (exact) mass is 446 g/mol. The third kappa shape index (κ3) is 7.39. The quantitative estimate of drug-likeness (QED) is 0.616. The van der Waals surface area contributed by atoms with Crippen molar-refractivity contribution in [2.45, 2.75) is 66.7 Å². The maximum Gasteiger partial charge on any atom is 0.245 e. The van der Waals surface area contributed by atoms with Crippen LogP contribution in [-0.4, -0.2) is 39.6 Å². The number of halogens is 1. The minimum Gasteiger partial charge on any atom is -0.333 e. The lowest BCUT2D eigenvalue weighted by Gasteiger charge is -2.26. The van der Waals surface area contributed by atoms with E-state index < -0.39 is 0 Å². The number of benzene rings is 1. The molecule has 6 nitrogen and oxygen atoms in total. The van der Waals surface area contributed by atoms with E-state index in [0.717, 1.165) is 17.8 Å². The van der Waals surface area contributed by atoms with E-state index in [-0.39, 0.29) is 29.2 Å². The predicted octanol–water partition coefficient (Wildman–Crippen LogP) is 5.44. The van der Waals surface area contributed by atoms with Gasteiger partial charge in [0.05, 0.1) is 17.9 Å². The third-order valence-corrected chi connectivity index (χ3v) is 4.93. The summed E-state index contributed by atoms with van der Waals surface area (Å²) in [5, 5.41) is 8.30. The highest BCUT2D eigenvalue weighted by atomic mass is 35.5. The number of carbonyl (C=O) groups is 2. The van der Waals surface area contributed by atoms with Crippen LogP contribution in [-0.2, 0) is 15.0 Å². The minimum absolute atomic E-state index is 0.00825. The number of rotatable bonds is 7. The van der Waals surface area contributed by atoms with Crippen molar-refractivity contribution < 1.29 is 9.59 Å². The Kier molecular flexibility index (Phi) is 7.93. The van der Waals surface area contributed by atoms with Crippen molar-refractivity contribution >= 4 is 29.2 Å². The Balaban J connectivity index is 2.27. The Morgan fingerprint density at radius 1 is 1.10 bits per heavy atom. The average Bonchev–Trinajstić information content (AvgIpc) is 3.04. The molecule has 0 atom stereocenters. The summed E-state index contributed by atoms with van der Waals surface area (Å²) in [5.74, 6) is 0.314. The van der Waals surface area contributed by atoms with Crippen LogP contribution in [0.1, 0.15) is 67.0 Å². The number of amides is 2. The summed E-state index contributed by atoms with van der Waals surface area (Å²) < 4.78 is 1.70. The summed E-state index contributed by atoms with van der Waals surface area (Å²) in [6.45, 7) is 14.8. The summed E-state index contributed by atoms with van der Waals surface area (Å²) in [5.41, 5.74) is 1.33. The van der Waals surface area contributed by atoms with Crippen molar-refractivity contribution in [1.29, 1.82) is 0 Å². The molecule has 31 heavy (non-hydrogen) atoms. The van der Waals surface area contributed by atoms with Crippen LogP contribution >= 0.6 is 11.6 Å². The highest BCUT2D eigenvalue weighted by Gasteiger charge is 2.24. The number of nitrogens with one attached hydrogen (secondary N) is 1. The molecule has 0 aliphatic heterocycles. The molecule has 0 saturated heterocycles. The van der Waals surface area contributed by atoms with E-state index in [4.69, 9.17) is 16.7 Å². The summed E-state index contributed by atoms with van der Waals surface area (Å²) >= 11 is 6.03. The van der Waals surface area contributed by atoms with E-state index in [1.807, 2.05) is 45.9 Å². The lowest BCUT2D eigenvalue weighted by atomic mass is 9.91. The molecule has 0 radical (unpaired) electrons. The van der Waals surface area contributed by atoms with Crippen molar-refractivity contribution in [3.63, 3.8) is 0 Å². The standard InChI is InChI=1S/C24H35ClN4O2/c1-8-13-28(22(31)15-23(2,3)4)16-21(30)26-20-14-19(24(5,6)7)27-29(20)18-11-9-17(25)10-12-18/h9-12,14H,8,13,15-16H2,1-7H3,(H,26,30). The molecule has 1 aromatic heterocycles. The molecule has 0 spiro atoms. The Morgan fingerprint density at radius 3 is 2.23 bits per heavy atom. The van der Waals surface area contributed by atoms with Crippen LogP contribution in [0.5, 0.6) is 0 Å². The Bertz CT molecular complexity index is 905. The fraction of sp³-hybridized carbons (Fsp3) is 0.542. The van der Waals surface area contributed by atoms with Gasteiger partial charge in [-0.1, -0.05) is 60.1 Å². The average molecular weight is 447 g/mol. The van der Waals surface area contributed by atoms with Gasteiger partial charge in [-0.2, -0.15) is 5.10 Å². The van der Waals surface area contributed by atoms with E-state index in [1.165, 1.54) is 0 Å². The van der Waals surface area contributed by atoms with Crippen molar-refractivity contribution in [3.05, 3.63) is 41.0 Å². The van der Waals surface area contributed by atoms with E-state index in [0.29, 0.717) is 23.8 Å². The van der Waals surface area contributed by atoms with Gasteiger partial charge in [-0.05, 0) is 36.1 Å². The molecule has 1 heterocycles. The van der Waals surface area contributed by atoms with Gasteiger partial charge in [0.25, 0.3) is 0 Å². The number of carbonyl (C=O) groups excluding carboxylic acids is 2. The molecule has 7 heteroatoms. The van der Waals surface area contributed by atoms with Gasteiger partial charge >= 0.3 is 0 Å². The molecular formula is C24H35ClN4O2. The second kappa shape index (κ2) is 9.86. The van der Waals surface area contributed by atoms with Gasteiger partial charge in [0.15, 0.2) is 0 Å². The van der Waals surface area contributed by atoms with E-state index in [9.17, 15) is 9.59 Å². The van der Waals surface area contributed by atoms with Crippen LogP contribution in [0.3, 0.4) is 0 Å². The van der Waals surface area contributed by atoms with Gasteiger partial charge in [-0.3, -0.25) is 9.59 Å². The molecule has 2 amide bonds. The molecule has 0 fully saturated rings. The van der Waals surface area contributed by atoms with Crippen molar-refractivity contribution in [1.82, 2.24) is 14.7 Å². The predicted molar refractivity (Wildman–Crippen MR) is 127 cm³/mol. The van der Waals surface area contributed by atoms with E-state index in [2.05, 4.69) is 26.1 Å². The third-order valence-electron chi connectivity index (χ3n) is 4.68. The fourth-order valence-electron chi connectivity index (χ4n) is 3.10. The normalized spacial score (nSPS) is 12.0. The first-order valence-corrected chi connectivity index (χ1v) is 11.1. The first-order chi connectivity index (χ1) is 14.3. The molecule has 1 aromatic carbocycles. The summed E-state index contributed by atoms with van der Waals surface area (Å²) in [6, 6.07) is 9.17. The number of hydrogen-bond acceptors (Lipinski definition) is 3. The number of anilines is 1. The molecule has 170 valence electrons. The first kappa shape index (κ1) is 24.9. The molecule has 2 rings (SSSR count). The van der Waals surface area contributed by atoms with Gasteiger partial charge in [-0.25, -0.2) is 4.68 Å². The SMILES string of the molecule is CCCN(CC(=O)Nc1cc(C(C)(C)C)nn1-c1ccc(Cl)cc1)C(=O)CC(C)(C)C. The Morgan fingerprint density at radius 2 is 1.71 bits per heavy atom. The second-order valence-corrected chi connectivity index (χ2v) is 10.6. The minimum atomic E-state index is -0.244. The maximum atomic E-state index is 12.9. The second-order valence-electron chi connectivity index (χ2n) is 10.2. The Hall–Kier alpha value is -2.34. The van der Waals surface area contributed by atoms with Crippen LogP contribution in [0.15, 0.2) is 30.3 Å². The zero-order valence-electron chi connectivity index (χ0n) is 19.8. The van der Waals surface area contributed by atoms with Crippen molar-refractivity contribution in [3.8, 4) is 5.69 Å². The van der Waals surface area contributed by atoms with Crippen LogP contribution in [0.4, 0.5) is 5.82 Å². The van der Waals surface area contributed by atoms with Crippen LogP contribution in [0.2, 0.25) is 5.02 Å². The number of hydrogen-bond donors (Lipinski definition) is 1. The Labute approximate surface area is 191 Å². The van der Waals surface area contributed by atoms with Gasteiger partial charge in [0.1, 0.15) is 5.82 Å². The first-order valence-electron chi connectivity index (χ1n) is 10.7. The lowest BCUT2D eigenvalue weighted by Crippen LogP contribution is -2.40. The molecule has 0 unspecified atom stereocenters. The number of nitrogens with zero attached hydrogens (tertiary/aromatic N) is 3. The van der Waals surface area contributed by atoms with Crippen LogP contribution in [0, 0.1) is 5.41 Å². The van der Waals surface area contributed by atoms with E-state index >= 15 is 0 Å². The molecule has 2 aromatic rings. The smallest absolute Gasteiger partial charge is 0.245 e. The summed E-state index contributed by atoms with van der Waals surface area (Å²) in [6.07, 6.45) is 1.19. The molecule has 1 N–H and O–H groups in total. The van der Waals surface area contributed by atoms with Crippen molar-refractivity contribution in [2.24, 2.45) is 5.41 Å². The maximum absolute atomic E-state index is 12.9.